The number of Topliss-reactive ketones (excluding diaryl/α,β-unsaturated/α-hetero) is 1. The summed E-state index contributed by atoms with van der Waals surface area (Å²) in [6.07, 6.45) is 0.783. The quantitative estimate of drug-likeness (QED) is 0.805. The summed E-state index contributed by atoms with van der Waals surface area (Å²) < 4.78 is 26.5. The molecule has 1 N–H and O–H groups in total. The van der Waals surface area contributed by atoms with Crippen LogP contribution >= 0.6 is 0 Å². The molecule has 4 nitrogen and oxygen atoms in total. The normalized spacial score (nSPS) is 11.8. The van der Waals surface area contributed by atoms with E-state index in [9.17, 15) is 13.2 Å². The highest BCUT2D eigenvalue weighted by Crippen LogP contribution is 2.12. The summed E-state index contributed by atoms with van der Waals surface area (Å²) in [6.45, 7) is 5.89. The number of benzene rings is 1. The van der Waals surface area contributed by atoms with Crippen molar-refractivity contribution in [3.05, 3.63) is 29.8 Å². The monoisotopic (exact) mass is 269 g/mol. The lowest BCUT2D eigenvalue weighted by atomic mass is 10.1. The second-order valence-corrected chi connectivity index (χ2v) is 6.43. The first kappa shape index (κ1) is 14.9. The molecule has 0 fully saturated rings. The lowest BCUT2D eigenvalue weighted by Crippen LogP contribution is -2.25. The Bertz CT molecular complexity index is 521. The maximum absolute atomic E-state index is 12.0. The Morgan fingerprint density at radius 3 is 2.56 bits per heavy atom. The fourth-order valence-electron chi connectivity index (χ4n) is 1.45. The molecule has 100 valence electrons. The maximum atomic E-state index is 12.0. The average molecular weight is 269 g/mol. The molecule has 1 rings (SSSR count). The fourth-order valence-corrected chi connectivity index (χ4v) is 2.54. The molecule has 1 aromatic carbocycles. The minimum absolute atomic E-state index is 0.138. The van der Waals surface area contributed by atoms with Gasteiger partial charge in [-0.2, -0.15) is 0 Å². The van der Waals surface area contributed by atoms with E-state index in [1.165, 1.54) is 19.1 Å². The highest BCUT2D eigenvalue weighted by Gasteiger charge is 2.14. The van der Waals surface area contributed by atoms with Gasteiger partial charge in [-0.05, 0) is 31.4 Å². The van der Waals surface area contributed by atoms with E-state index in [2.05, 4.69) is 4.72 Å². The number of carbonyl (C=O) groups excluding carboxylic acids is 1. The molecule has 0 saturated heterocycles. The van der Waals surface area contributed by atoms with Crippen molar-refractivity contribution in [1.82, 2.24) is 4.72 Å². The van der Waals surface area contributed by atoms with Gasteiger partial charge in [0, 0.05) is 12.1 Å². The summed E-state index contributed by atoms with van der Waals surface area (Å²) in [5, 5.41) is 0. The van der Waals surface area contributed by atoms with E-state index >= 15 is 0 Å². The van der Waals surface area contributed by atoms with Crippen LogP contribution in [-0.4, -0.2) is 20.7 Å². The van der Waals surface area contributed by atoms with Crippen molar-refractivity contribution in [1.29, 1.82) is 0 Å². The molecule has 1 aromatic rings. The number of rotatable bonds is 6. The summed E-state index contributed by atoms with van der Waals surface area (Å²) in [5.41, 5.74) is 0.404. The topological polar surface area (TPSA) is 63.2 Å². The zero-order valence-electron chi connectivity index (χ0n) is 10.9. The average Bonchev–Trinajstić information content (AvgIpc) is 2.28. The van der Waals surface area contributed by atoms with Gasteiger partial charge in [0.25, 0.3) is 0 Å². The Hall–Kier alpha value is -1.20. The van der Waals surface area contributed by atoms with Crippen LogP contribution in [0.1, 0.15) is 37.6 Å². The number of hydrogen-bond donors (Lipinski definition) is 1. The highest BCUT2D eigenvalue weighted by atomic mass is 32.2. The predicted octanol–water partition coefficient (Wildman–Crippen LogP) is 2.21. The summed E-state index contributed by atoms with van der Waals surface area (Å²) in [6, 6.07) is 6.08. The minimum atomic E-state index is -3.51. The molecular weight excluding hydrogens is 250 g/mol. The zero-order valence-corrected chi connectivity index (χ0v) is 11.8. The minimum Gasteiger partial charge on any atom is -0.295 e. The van der Waals surface area contributed by atoms with Gasteiger partial charge in [-0.1, -0.05) is 26.0 Å². The van der Waals surface area contributed by atoms with Crippen LogP contribution in [0.3, 0.4) is 0 Å². The molecule has 18 heavy (non-hydrogen) atoms. The number of hydrogen-bond acceptors (Lipinski definition) is 3. The van der Waals surface area contributed by atoms with Crippen LogP contribution in [-0.2, 0) is 10.0 Å². The van der Waals surface area contributed by atoms with E-state index in [-0.39, 0.29) is 10.7 Å². The SMILES string of the molecule is CC(=O)c1cccc(S(=O)(=O)NCCC(C)C)c1. The Kier molecular flexibility index (Phi) is 5.04. The molecule has 0 spiro atoms. The number of ketones is 1. The Morgan fingerprint density at radius 1 is 1.33 bits per heavy atom. The van der Waals surface area contributed by atoms with Crippen LogP contribution in [0, 0.1) is 5.92 Å². The van der Waals surface area contributed by atoms with E-state index in [0.29, 0.717) is 18.0 Å². The Balaban J connectivity index is 2.85. The smallest absolute Gasteiger partial charge is 0.240 e. The molecule has 5 heteroatoms. The van der Waals surface area contributed by atoms with Crippen LogP contribution in [0.2, 0.25) is 0 Å². The van der Waals surface area contributed by atoms with Crippen LogP contribution in [0.4, 0.5) is 0 Å². The van der Waals surface area contributed by atoms with Crippen molar-refractivity contribution < 1.29 is 13.2 Å². The summed E-state index contributed by atoms with van der Waals surface area (Å²) in [7, 11) is -3.51. The van der Waals surface area contributed by atoms with Crippen molar-refractivity contribution in [2.24, 2.45) is 5.92 Å². The van der Waals surface area contributed by atoms with Crippen molar-refractivity contribution in [2.45, 2.75) is 32.1 Å². The summed E-state index contributed by atoms with van der Waals surface area (Å²) in [4.78, 5) is 11.4. The number of nitrogens with one attached hydrogen (secondary N) is 1. The molecule has 0 amide bonds. The van der Waals surface area contributed by atoms with E-state index in [4.69, 9.17) is 0 Å². The molecule has 0 heterocycles. The third-order valence-corrected chi connectivity index (χ3v) is 4.02. The van der Waals surface area contributed by atoms with Gasteiger partial charge in [0.1, 0.15) is 0 Å². The first-order valence-electron chi connectivity index (χ1n) is 5.93. The zero-order chi connectivity index (χ0) is 13.8. The molecule has 0 aliphatic rings. The van der Waals surface area contributed by atoms with E-state index in [1.807, 2.05) is 13.8 Å². The molecule has 0 saturated carbocycles. The van der Waals surface area contributed by atoms with Gasteiger partial charge in [0.2, 0.25) is 10.0 Å². The summed E-state index contributed by atoms with van der Waals surface area (Å²) in [5.74, 6) is 0.297. The van der Waals surface area contributed by atoms with Gasteiger partial charge in [-0.15, -0.1) is 0 Å². The van der Waals surface area contributed by atoms with Crippen molar-refractivity contribution in [3.63, 3.8) is 0 Å². The number of carbonyl (C=O) groups is 1. The van der Waals surface area contributed by atoms with Crippen molar-refractivity contribution in [2.75, 3.05) is 6.54 Å². The van der Waals surface area contributed by atoms with Crippen molar-refractivity contribution >= 4 is 15.8 Å². The first-order valence-corrected chi connectivity index (χ1v) is 7.42. The number of sulfonamides is 1. The molecule has 0 bridgehead atoms. The standard InChI is InChI=1S/C13H19NO3S/c1-10(2)7-8-14-18(16,17)13-6-4-5-12(9-13)11(3)15/h4-6,9-10,14H,7-8H2,1-3H3. The Morgan fingerprint density at radius 2 is 2.00 bits per heavy atom. The van der Waals surface area contributed by atoms with Gasteiger partial charge in [-0.25, -0.2) is 13.1 Å². The van der Waals surface area contributed by atoms with Gasteiger partial charge in [0.05, 0.1) is 4.90 Å². The summed E-state index contributed by atoms with van der Waals surface area (Å²) >= 11 is 0. The second kappa shape index (κ2) is 6.11. The van der Waals surface area contributed by atoms with E-state index in [1.54, 1.807) is 12.1 Å². The lowest BCUT2D eigenvalue weighted by Gasteiger charge is -2.08. The maximum Gasteiger partial charge on any atom is 0.240 e. The first-order chi connectivity index (χ1) is 8.33. The Labute approximate surface area is 108 Å². The third kappa shape index (κ3) is 4.23. The van der Waals surface area contributed by atoms with E-state index in [0.717, 1.165) is 6.42 Å². The van der Waals surface area contributed by atoms with Crippen LogP contribution in [0.15, 0.2) is 29.2 Å². The van der Waals surface area contributed by atoms with E-state index < -0.39 is 10.0 Å². The molecule has 0 atom stereocenters. The highest BCUT2D eigenvalue weighted by molar-refractivity contribution is 7.89. The molecule has 0 radical (unpaired) electrons. The van der Waals surface area contributed by atoms with Gasteiger partial charge in [-0.3, -0.25) is 4.79 Å². The van der Waals surface area contributed by atoms with Gasteiger partial charge >= 0.3 is 0 Å². The fraction of sp³-hybridized carbons (Fsp3) is 0.462. The van der Waals surface area contributed by atoms with Gasteiger partial charge in [0.15, 0.2) is 5.78 Å². The third-order valence-electron chi connectivity index (χ3n) is 2.56. The molecule has 0 aliphatic carbocycles. The largest absolute Gasteiger partial charge is 0.295 e. The van der Waals surface area contributed by atoms with Crippen LogP contribution < -0.4 is 4.72 Å². The molecule has 0 unspecified atom stereocenters. The molecule has 0 aliphatic heterocycles. The predicted molar refractivity (Wildman–Crippen MR) is 71.1 cm³/mol. The van der Waals surface area contributed by atoms with Crippen molar-refractivity contribution in [3.8, 4) is 0 Å². The molecule has 0 aromatic heterocycles. The second-order valence-electron chi connectivity index (χ2n) is 4.66. The lowest BCUT2D eigenvalue weighted by molar-refractivity contribution is 0.101. The molecular formula is C13H19NO3S. The van der Waals surface area contributed by atoms with Crippen LogP contribution in [0.5, 0.6) is 0 Å². The van der Waals surface area contributed by atoms with Crippen LogP contribution in [0.25, 0.3) is 0 Å². The van der Waals surface area contributed by atoms with Gasteiger partial charge < -0.3 is 0 Å².